The predicted molar refractivity (Wildman–Crippen MR) is 126 cm³/mol. The lowest BCUT2D eigenvalue weighted by molar-refractivity contribution is 0.370. The highest BCUT2D eigenvalue weighted by atomic mass is 79.9. The Morgan fingerprint density at radius 3 is 2.15 bits per heavy atom. The first-order valence-corrected chi connectivity index (χ1v) is 13.4. The first kappa shape index (κ1) is 20.9. The van der Waals surface area contributed by atoms with Gasteiger partial charge in [0.25, 0.3) is 0 Å². The van der Waals surface area contributed by atoms with Gasteiger partial charge in [-0.1, -0.05) is 69.6 Å². The van der Waals surface area contributed by atoms with Gasteiger partial charge in [-0.2, -0.15) is 0 Å². The second kappa shape index (κ2) is 7.88. The number of likely N-dealkylation sites (N-methyl/N-ethyl adjacent to an activating group) is 1. The summed E-state index contributed by atoms with van der Waals surface area (Å²) in [6.07, 6.45) is 6.11. The molecule has 0 fully saturated rings. The zero-order valence-electron chi connectivity index (χ0n) is 18.0. The SMILES string of the molecule is CC(C)[Si](C(C)C)(C(C)C)n1cc(C2=CCN(C)CC2)c2ccc(Br)cc21. The molecule has 0 radical (unpaired) electrons. The summed E-state index contributed by atoms with van der Waals surface area (Å²) in [6, 6.07) is 6.88. The van der Waals surface area contributed by atoms with Crippen LogP contribution in [0.3, 0.4) is 0 Å². The summed E-state index contributed by atoms with van der Waals surface area (Å²) in [4.78, 5) is 2.40. The van der Waals surface area contributed by atoms with Crippen molar-refractivity contribution in [3.05, 3.63) is 40.5 Å². The van der Waals surface area contributed by atoms with Crippen LogP contribution in [0.5, 0.6) is 0 Å². The molecule has 0 bridgehead atoms. The number of hydrogen-bond donors (Lipinski definition) is 0. The van der Waals surface area contributed by atoms with Gasteiger partial charge < -0.3 is 9.13 Å². The molecule has 0 amide bonds. The molecule has 2 aromatic rings. The van der Waals surface area contributed by atoms with E-state index in [1.165, 1.54) is 26.5 Å². The number of nitrogens with zero attached hydrogens (tertiary/aromatic N) is 2. The largest absolute Gasteiger partial charge is 0.373 e. The van der Waals surface area contributed by atoms with Crippen molar-refractivity contribution in [3.63, 3.8) is 0 Å². The summed E-state index contributed by atoms with van der Waals surface area (Å²) < 4.78 is 3.94. The third-order valence-corrected chi connectivity index (χ3v) is 14.0. The fraction of sp³-hybridized carbons (Fsp3) is 0.565. The standard InChI is InChI=1S/C23H35BrN2Si/c1-16(2)27(17(3)4,18(5)6)26-15-22(19-10-12-25(7)13-11-19)21-9-8-20(24)14-23(21)26/h8-10,14-18H,11-13H2,1-7H3. The predicted octanol–water partition coefficient (Wildman–Crippen LogP) is 7.15. The van der Waals surface area contributed by atoms with E-state index in [4.69, 9.17) is 0 Å². The fourth-order valence-corrected chi connectivity index (χ4v) is 12.6. The Balaban J connectivity index is 2.31. The molecule has 0 atom stereocenters. The van der Waals surface area contributed by atoms with Crippen molar-refractivity contribution in [2.24, 2.45) is 0 Å². The summed E-state index contributed by atoms with van der Waals surface area (Å²) in [5.74, 6) is 0. The number of fused-ring (bicyclic) bond motifs is 1. The van der Waals surface area contributed by atoms with Gasteiger partial charge in [0, 0.05) is 40.2 Å². The van der Waals surface area contributed by atoms with Crippen LogP contribution in [0.2, 0.25) is 16.6 Å². The molecular formula is C23H35BrN2Si. The maximum Gasteiger partial charge on any atom is 0.169 e. The zero-order chi connectivity index (χ0) is 19.9. The Labute approximate surface area is 174 Å². The molecule has 1 aliphatic heterocycles. The topological polar surface area (TPSA) is 8.17 Å². The van der Waals surface area contributed by atoms with E-state index in [0.29, 0.717) is 16.6 Å². The van der Waals surface area contributed by atoms with Gasteiger partial charge >= 0.3 is 0 Å². The second-order valence-electron chi connectivity index (χ2n) is 9.17. The van der Waals surface area contributed by atoms with Gasteiger partial charge in [0.15, 0.2) is 8.24 Å². The minimum Gasteiger partial charge on any atom is -0.373 e. The average Bonchev–Trinajstić information content (AvgIpc) is 2.94. The van der Waals surface area contributed by atoms with Crippen molar-refractivity contribution < 1.29 is 0 Å². The lowest BCUT2D eigenvalue weighted by Gasteiger charge is -2.44. The van der Waals surface area contributed by atoms with Crippen molar-refractivity contribution in [1.82, 2.24) is 9.13 Å². The summed E-state index contributed by atoms with van der Waals surface area (Å²) in [5.41, 5.74) is 6.47. The van der Waals surface area contributed by atoms with Crippen LogP contribution in [0, 0.1) is 0 Å². The van der Waals surface area contributed by atoms with Crippen LogP contribution in [0.25, 0.3) is 16.5 Å². The molecule has 27 heavy (non-hydrogen) atoms. The molecule has 148 valence electrons. The maximum atomic E-state index is 3.74. The summed E-state index contributed by atoms with van der Waals surface area (Å²) in [6.45, 7) is 16.9. The van der Waals surface area contributed by atoms with E-state index < -0.39 is 8.24 Å². The molecule has 1 aromatic heterocycles. The van der Waals surface area contributed by atoms with Gasteiger partial charge in [-0.3, -0.25) is 0 Å². The van der Waals surface area contributed by atoms with Gasteiger partial charge in [-0.15, -0.1) is 0 Å². The summed E-state index contributed by atoms with van der Waals surface area (Å²) in [7, 11) is 0.421. The van der Waals surface area contributed by atoms with Crippen LogP contribution in [0.4, 0.5) is 0 Å². The Kier molecular flexibility index (Phi) is 6.10. The molecule has 0 saturated carbocycles. The van der Waals surface area contributed by atoms with Crippen LogP contribution >= 0.6 is 15.9 Å². The molecule has 0 N–H and O–H groups in total. The second-order valence-corrected chi connectivity index (χ2v) is 15.8. The Hall–Kier alpha value is -0.843. The normalized spacial score (nSPS) is 16.8. The van der Waals surface area contributed by atoms with Crippen molar-refractivity contribution >= 4 is 40.6 Å². The lowest BCUT2D eigenvalue weighted by atomic mass is 9.99. The van der Waals surface area contributed by atoms with Crippen LogP contribution in [-0.2, 0) is 0 Å². The highest BCUT2D eigenvalue weighted by Crippen LogP contribution is 2.46. The van der Waals surface area contributed by atoms with E-state index in [1.54, 1.807) is 0 Å². The number of rotatable bonds is 5. The molecule has 0 saturated heterocycles. The molecule has 1 aliphatic rings. The van der Waals surface area contributed by atoms with E-state index in [2.05, 4.69) is 104 Å². The third kappa shape index (κ3) is 3.49. The summed E-state index contributed by atoms with van der Waals surface area (Å²) >= 11 is 3.74. The third-order valence-electron chi connectivity index (χ3n) is 6.72. The van der Waals surface area contributed by atoms with Crippen LogP contribution < -0.4 is 0 Å². The van der Waals surface area contributed by atoms with Crippen molar-refractivity contribution in [2.45, 2.75) is 64.6 Å². The number of aromatic nitrogens is 1. The zero-order valence-corrected chi connectivity index (χ0v) is 20.6. The Morgan fingerprint density at radius 2 is 1.63 bits per heavy atom. The number of halogens is 1. The van der Waals surface area contributed by atoms with Gasteiger partial charge in [-0.05, 0) is 47.8 Å². The molecule has 2 heterocycles. The lowest BCUT2D eigenvalue weighted by Crippen LogP contribution is -2.51. The highest BCUT2D eigenvalue weighted by Gasteiger charge is 2.46. The quantitative estimate of drug-likeness (QED) is 0.442. The van der Waals surface area contributed by atoms with E-state index in [9.17, 15) is 0 Å². The fourth-order valence-electron chi connectivity index (χ4n) is 5.63. The van der Waals surface area contributed by atoms with Crippen LogP contribution in [0.1, 0.15) is 53.5 Å². The van der Waals surface area contributed by atoms with Crippen molar-refractivity contribution in [1.29, 1.82) is 0 Å². The van der Waals surface area contributed by atoms with Gasteiger partial charge in [0.2, 0.25) is 0 Å². The highest BCUT2D eigenvalue weighted by molar-refractivity contribution is 9.10. The van der Waals surface area contributed by atoms with Crippen molar-refractivity contribution in [2.75, 3.05) is 20.1 Å². The van der Waals surface area contributed by atoms with E-state index in [1.807, 2.05) is 0 Å². The number of hydrogen-bond acceptors (Lipinski definition) is 1. The first-order valence-electron chi connectivity index (χ1n) is 10.4. The molecule has 0 aliphatic carbocycles. The van der Waals surface area contributed by atoms with Gasteiger partial charge in [0.1, 0.15) is 0 Å². The van der Waals surface area contributed by atoms with E-state index in [-0.39, 0.29) is 0 Å². The van der Waals surface area contributed by atoms with Crippen molar-refractivity contribution in [3.8, 4) is 0 Å². The average molecular weight is 448 g/mol. The minimum atomic E-state index is -1.79. The maximum absolute atomic E-state index is 3.74. The first-order chi connectivity index (χ1) is 12.7. The van der Waals surface area contributed by atoms with E-state index >= 15 is 0 Å². The summed E-state index contributed by atoms with van der Waals surface area (Å²) in [5, 5.41) is 1.42. The molecular weight excluding hydrogens is 412 g/mol. The van der Waals surface area contributed by atoms with Crippen LogP contribution in [-0.4, -0.2) is 37.5 Å². The number of benzene rings is 1. The monoisotopic (exact) mass is 446 g/mol. The molecule has 1 aromatic carbocycles. The molecule has 3 rings (SSSR count). The Morgan fingerprint density at radius 1 is 1.00 bits per heavy atom. The van der Waals surface area contributed by atoms with E-state index in [0.717, 1.165) is 19.5 Å². The molecule has 0 unspecified atom stereocenters. The molecule has 4 heteroatoms. The van der Waals surface area contributed by atoms with Crippen LogP contribution in [0.15, 0.2) is 34.9 Å². The molecule has 0 spiro atoms. The molecule has 2 nitrogen and oxygen atoms in total. The Bertz CT molecular complexity index is 826. The van der Waals surface area contributed by atoms with Gasteiger partial charge in [0.05, 0.1) is 0 Å². The minimum absolute atomic E-state index is 0.686. The van der Waals surface area contributed by atoms with Gasteiger partial charge in [-0.25, -0.2) is 0 Å². The smallest absolute Gasteiger partial charge is 0.169 e.